The Labute approximate surface area is 119 Å². The van der Waals surface area contributed by atoms with Gasteiger partial charge in [-0.25, -0.2) is 4.79 Å². The first-order chi connectivity index (χ1) is 10.0. The molecule has 1 saturated heterocycles. The zero-order valence-corrected chi connectivity index (χ0v) is 11.5. The summed E-state index contributed by atoms with van der Waals surface area (Å²) in [6, 6.07) is 4.14. The van der Waals surface area contributed by atoms with E-state index in [2.05, 4.69) is 4.90 Å². The van der Waals surface area contributed by atoms with Gasteiger partial charge in [-0.2, -0.15) is 0 Å². The normalized spacial score (nSPS) is 20.0. The first-order valence-electron chi connectivity index (χ1n) is 6.66. The third kappa shape index (κ3) is 2.67. The number of oxazole rings is 1. The molecule has 8 heteroatoms. The fraction of sp³-hybridized carbons (Fsp3) is 0.462. The molecule has 0 N–H and O–H groups in total. The van der Waals surface area contributed by atoms with Crippen LogP contribution in [0, 0.1) is 10.1 Å². The van der Waals surface area contributed by atoms with Crippen LogP contribution in [0.2, 0.25) is 0 Å². The molecule has 0 bridgehead atoms. The molecule has 1 aromatic heterocycles. The summed E-state index contributed by atoms with van der Waals surface area (Å²) < 4.78 is 12.0. The van der Waals surface area contributed by atoms with Gasteiger partial charge in [0, 0.05) is 25.2 Å². The third-order valence-corrected chi connectivity index (χ3v) is 3.53. The Morgan fingerprint density at radius 1 is 1.48 bits per heavy atom. The van der Waals surface area contributed by atoms with Gasteiger partial charge in [-0.1, -0.05) is 0 Å². The lowest BCUT2D eigenvalue weighted by atomic mass is 10.3. The molecule has 0 saturated carbocycles. The molecule has 0 spiro atoms. The van der Waals surface area contributed by atoms with Crippen molar-refractivity contribution in [1.29, 1.82) is 0 Å². The van der Waals surface area contributed by atoms with Crippen LogP contribution in [0.1, 0.15) is 6.92 Å². The van der Waals surface area contributed by atoms with Crippen LogP contribution in [0.3, 0.4) is 0 Å². The lowest BCUT2D eigenvalue weighted by Gasteiger charge is -2.30. The molecule has 112 valence electrons. The molecule has 0 amide bonds. The zero-order valence-electron chi connectivity index (χ0n) is 11.5. The number of non-ortho nitro benzene ring substituents is 1. The minimum atomic E-state index is -0.510. The predicted molar refractivity (Wildman–Crippen MR) is 74.1 cm³/mol. The Balaban J connectivity index is 1.96. The number of rotatable bonds is 3. The average molecular weight is 293 g/mol. The van der Waals surface area contributed by atoms with E-state index in [-0.39, 0.29) is 11.8 Å². The van der Waals surface area contributed by atoms with Crippen molar-refractivity contribution in [2.45, 2.75) is 19.7 Å². The van der Waals surface area contributed by atoms with Crippen molar-refractivity contribution in [2.24, 2.45) is 0 Å². The summed E-state index contributed by atoms with van der Waals surface area (Å²) in [7, 11) is 0. The molecule has 1 aromatic carbocycles. The molecule has 1 fully saturated rings. The van der Waals surface area contributed by atoms with E-state index in [1.54, 1.807) is 0 Å². The smallest absolute Gasteiger partial charge is 0.408 e. The number of fused-ring (bicyclic) bond motifs is 1. The molecule has 2 heterocycles. The van der Waals surface area contributed by atoms with Gasteiger partial charge < -0.3 is 9.15 Å². The molecule has 0 unspecified atom stereocenters. The van der Waals surface area contributed by atoms with Crippen LogP contribution in [-0.4, -0.2) is 40.2 Å². The van der Waals surface area contributed by atoms with E-state index in [1.807, 2.05) is 6.92 Å². The molecular weight excluding hydrogens is 278 g/mol. The van der Waals surface area contributed by atoms with Crippen molar-refractivity contribution in [3.05, 3.63) is 38.9 Å². The molecule has 3 rings (SSSR count). The Kier molecular flexibility index (Phi) is 3.48. The molecule has 0 aliphatic carbocycles. The number of ether oxygens (including phenoxy) is 1. The van der Waals surface area contributed by atoms with Crippen LogP contribution < -0.4 is 5.76 Å². The minimum Gasteiger partial charge on any atom is -0.408 e. The maximum absolute atomic E-state index is 11.9. The SMILES string of the molecule is C[C@H]1CN(Cn2c(=O)oc3ccc([N+](=O)[O-])cc32)CCO1. The quantitative estimate of drug-likeness (QED) is 0.623. The molecule has 0 radical (unpaired) electrons. The summed E-state index contributed by atoms with van der Waals surface area (Å²) in [5, 5.41) is 10.9. The highest BCUT2D eigenvalue weighted by Crippen LogP contribution is 2.20. The number of morpholine rings is 1. The summed E-state index contributed by atoms with van der Waals surface area (Å²) in [5.74, 6) is -0.510. The Hall–Kier alpha value is -2.19. The molecule has 21 heavy (non-hydrogen) atoms. The number of nitrogens with zero attached hydrogens (tertiary/aromatic N) is 3. The summed E-state index contributed by atoms with van der Waals surface area (Å²) in [5.41, 5.74) is 0.729. The lowest BCUT2D eigenvalue weighted by Crippen LogP contribution is -2.43. The highest BCUT2D eigenvalue weighted by Gasteiger charge is 2.20. The van der Waals surface area contributed by atoms with Crippen molar-refractivity contribution in [3.8, 4) is 0 Å². The Morgan fingerprint density at radius 2 is 2.29 bits per heavy atom. The van der Waals surface area contributed by atoms with Crippen molar-refractivity contribution in [1.82, 2.24) is 9.47 Å². The van der Waals surface area contributed by atoms with Crippen molar-refractivity contribution < 1.29 is 14.1 Å². The number of hydrogen-bond acceptors (Lipinski definition) is 6. The molecule has 2 aromatic rings. The first-order valence-corrected chi connectivity index (χ1v) is 6.66. The van der Waals surface area contributed by atoms with Crippen molar-refractivity contribution in [3.63, 3.8) is 0 Å². The van der Waals surface area contributed by atoms with Gasteiger partial charge in [-0.3, -0.25) is 19.6 Å². The number of nitro benzene ring substituents is 1. The Morgan fingerprint density at radius 3 is 3.00 bits per heavy atom. The second-order valence-corrected chi connectivity index (χ2v) is 5.10. The van der Waals surface area contributed by atoms with Gasteiger partial charge in [-0.15, -0.1) is 0 Å². The largest absolute Gasteiger partial charge is 0.421 e. The van der Waals surface area contributed by atoms with Gasteiger partial charge >= 0.3 is 5.76 Å². The van der Waals surface area contributed by atoms with E-state index >= 15 is 0 Å². The topological polar surface area (TPSA) is 90.8 Å². The fourth-order valence-corrected chi connectivity index (χ4v) is 2.52. The van der Waals surface area contributed by atoms with E-state index in [0.717, 1.165) is 0 Å². The van der Waals surface area contributed by atoms with Gasteiger partial charge in [0.25, 0.3) is 5.69 Å². The summed E-state index contributed by atoms with van der Waals surface area (Å²) in [6.07, 6.45) is 0.0990. The van der Waals surface area contributed by atoms with Gasteiger partial charge in [0.05, 0.1) is 29.8 Å². The van der Waals surface area contributed by atoms with Gasteiger partial charge in [0.1, 0.15) is 0 Å². The number of benzene rings is 1. The van der Waals surface area contributed by atoms with Gasteiger partial charge in [0.2, 0.25) is 0 Å². The fourth-order valence-electron chi connectivity index (χ4n) is 2.52. The minimum absolute atomic E-state index is 0.0626. The summed E-state index contributed by atoms with van der Waals surface area (Å²) >= 11 is 0. The van der Waals surface area contributed by atoms with Crippen molar-refractivity contribution in [2.75, 3.05) is 19.7 Å². The number of aromatic nitrogens is 1. The van der Waals surface area contributed by atoms with E-state index in [1.165, 1.54) is 22.8 Å². The summed E-state index contributed by atoms with van der Waals surface area (Å²) in [6.45, 7) is 4.31. The molecule has 1 aliphatic heterocycles. The van der Waals surface area contributed by atoms with E-state index in [4.69, 9.17) is 9.15 Å². The maximum atomic E-state index is 11.9. The van der Waals surface area contributed by atoms with Crippen LogP contribution in [0.15, 0.2) is 27.4 Å². The van der Waals surface area contributed by atoms with Crippen LogP contribution >= 0.6 is 0 Å². The highest BCUT2D eigenvalue weighted by atomic mass is 16.6. The molecule has 8 nitrogen and oxygen atoms in total. The van der Waals surface area contributed by atoms with Crippen molar-refractivity contribution >= 4 is 16.8 Å². The number of hydrogen-bond donors (Lipinski definition) is 0. The first kappa shape index (κ1) is 13.8. The third-order valence-electron chi connectivity index (χ3n) is 3.53. The van der Waals surface area contributed by atoms with Crippen LogP contribution in [0.5, 0.6) is 0 Å². The number of nitro groups is 1. The molecule has 1 atom stereocenters. The molecule has 1 aliphatic rings. The van der Waals surface area contributed by atoms with Crippen LogP contribution in [-0.2, 0) is 11.4 Å². The Bertz CT molecular complexity index is 735. The maximum Gasteiger partial charge on any atom is 0.421 e. The van der Waals surface area contributed by atoms with E-state index in [0.29, 0.717) is 37.5 Å². The zero-order chi connectivity index (χ0) is 15.0. The van der Waals surface area contributed by atoms with Crippen LogP contribution in [0.25, 0.3) is 11.1 Å². The second kappa shape index (κ2) is 5.30. The second-order valence-electron chi connectivity index (χ2n) is 5.10. The lowest BCUT2D eigenvalue weighted by molar-refractivity contribution is -0.384. The van der Waals surface area contributed by atoms with Gasteiger partial charge in [-0.05, 0) is 13.0 Å². The average Bonchev–Trinajstić information content (AvgIpc) is 2.74. The van der Waals surface area contributed by atoms with Gasteiger partial charge in [0.15, 0.2) is 5.58 Å². The predicted octanol–water partition coefficient (Wildman–Crippen LogP) is 1.18. The van der Waals surface area contributed by atoms with E-state index < -0.39 is 10.7 Å². The molecular formula is C13H15N3O5. The van der Waals surface area contributed by atoms with E-state index in [9.17, 15) is 14.9 Å². The monoisotopic (exact) mass is 293 g/mol. The standard InChI is InChI=1S/C13H15N3O5/c1-9-7-14(4-5-20-9)8-15-11-6-10(16(18)19)2-3-12(11)21-13(15)17/h2-3,6,9H,4-5,7-8H2,1H3/t9-/m0/s1. The highest BCUT2D eigenvalue weighted by molar-refractivity contribution is 5.75. The summed E-state index contributed by atoms with van der Waals surface area (Å²) in [4.78, 5) is 24.4. The van der Waals surface area contributed by atoms with Crippen LogP contribution in [0.4, 0.5) is 5.69 Å².